The van der Waals surface area contributed by atoms with Gasteiger partial charge < -0.3 is 0 Å². The van der Waals surface area contributed by atoms with Crippen LogP contribution in [0.2, 0.25) is 5.28 Å². The molecule has 72 valence electrons. The van der Waals surface area contributed by atoms with E-state index in [9.17, 15) is 0 Å². The standard InChI is InChI=1S/C11H11ClN2/c1-8-3-5-10(6-4-8)14-9(2)7-13-11(14)12/h3-7H,1-2H3. The molecule has 0 saturated heterocycles. The highest BCUT2D eigenvalue weighted by Crippen LogP contribution is 2.18. The van der Waals surface area contributed by atoms with Crippen molar-refractivity contribution in [2.24, 2.45) is 0 Å². The molecule has 0 aliphatic heterocycles. The minimum atomic E-state index is 0.506. The van der Waals surface area contributed by atoms with Gasteiger partial charge in [0, 0.05) is 17.6 Å². The molecule has 2 aromatic rings. The Kier molecular flexibility index (Phi) is 2.30. The zero-order chi connectivity index (χ0) is 10.1. The summed E-state index contributed by atoms with van der Waals surface area (Å²) in [6.07, 6.45) is 1.77. The second kappa shape index (κ2) is 3.46. The first-order chi connectivity index (χ1) is 6.68. The predicted molar refractivity (Wildman–Crippen MR) is 58.0 cm³/mol. The van der Waals surface area contributed by atoms with Gasteiger partial charge in [-0.05, 0) is 37.6 Å². The van der Waals surface area contributed by atoms with E-state index in [0.29, 0.717) is 5.28 Å². The van der Waals surface area contributed by atoms with Crippen molar-refractivity contribution >= 4 is 11.6 Å². The van der Waals surface area contributed by atoms with E-state index in [1.165, 1.54) is 5.56 Å². The molecule has 1 aromatic carbocycles. The molecule has 14 heavy (non-hydrogen) atoms. The number of benzene rings is 1. The molecule has 0 bridgehead atoms. The molecule has 0 fully saturated rings. The van der Waals surface area contributed by atoms with Crippen LogP contribution in [0.3, 0.4) is 0 Å². The van der Waals surface area contributed by atoms with Gasteiger partial charge in [0.25, 0.3) is 0 Å². The van der Waals surface area contributed by atoms with E-state index >= 15 is 0 Å². The second-order valence-corrected chi connectivity index (χ2v) is 3.68. The number of hydrogen-bond acceptors (Lipinski definition) is 1. The molecule has 0 amide bonds. The number of imidazole rings is 1. The van der Waals surface area contributed by atoms with Crippen molar-refractivity contribution in [2.45, 2.75) is 13.8 Å². The summed E-state index contributed by atoms with van der Waals surface area (Å²) >= 11 is 5.97. The Morgan fingerprint density at radius 3 is 2.29 bits per heavy atom. The van der Waals surface area contributed by atoms with Crippen LogP contribution in [0.5, 0.6) is 0 Å². The molecule has 1 aromatic heterocycles. The largest absolute Gasteiger partial charge is 0.288 e. The number of hydrogen-bond donors (Lipinski definition) is 0. The molecule has 0 radical (unpaired) electrons. The summed E-state index contributed by atoms with van der Waals surface area (Å²) in [4.78, 5) is 4.04. The molecule has 1 heterocycles. The third-order valence-electron chi connectivity index (χ3n) is 2.19. The highest BCUT2D eigenvalue weighted by atomic mass is 35.5. The Morgan fingerprint density at radius 2 is 1.79 bits per heavy atom. The van der Waals surface area contributed by atoms with Crippen molar-refractivity contribution in [3.8, 4) is 5.69 Å². The van der Waals surface area contributed by atoms with Crippen LogP contribution in [0.1, 0.15) is 11.3 Å². The molecule has 2 rings (SSSR count). The van der Waals surface area contributed by atoms with E-state index in [1.54, 1.807) is 6.20 Å². The third-order valence-corrected chi connectivity index (χ3v) is 2.45. The summed E-state index contributed by atoms with van der Waals surface area (Å²) < 4.78 is 1.92. The molecule has 0 unspecified atom stereocenters. The summed E-state index contributed by atoms with van der Waals surface area (Å²) in [5, 5.41) is 0.506. The fraction of sp³-hybridized carbons (Fsp3) is 0.182. The maximum absolute atomic E-state index is 5.97. The second-order valence-electron chi connectivity index (χ2n) is 3.34. The fourth-order valence-corrected chi connectivity index (χ4v) is 1.69. The van der Waals surface area contributed by atoms with Crippen molar-refractivity contribution in [1.29, 1.82) is 0 Å². The first-order valence-corrected chi connectivity index (χ1v) is 4.83. The average Bonchev–Trinajstić information content (AvgIpc) is 2.49. The summed E-state index contributed by atoms with van der Waals surface area (Å²) in [7, 11) is 0. The molecule has 0 aliphatic rings. The Morgan fingerprint density at radius 1 is 1.14 bits per heavy atom. The molecular formula is C11H11ClN2. The zero-order valence-corrected chi connectivity index (χ0v) is 8.92. The first-order valence-electron chi connectivity index (χ1n) is 4.45. The lowest BCUT2D eigenvalue weighted by molar-refractivity contribution is 1.00. The van der Waals surface area contributed by atoms with E-state index < -0.39 is 0 Å². The van der Waals surface area contributed by atoms with E-state index in [0.717, 1.165) is 11.4 Å². The molecule has 0 aliphatic carbocycles. The van der Waals surface area contributed by atoms with E-state index in [4.69, 9.17) is 11.6 Å². The first kappa shape index (κ1) is 9.28. The average molecular weight is 207 g/mol. The van der Waals surface area contributed by atoms with E-state index in [-0.39, 0.29) is 0 Å². The van der Waals surface area contributed by atoms with Gasteiger partial charge in [-0.25, -0.2) is 4.98 Å². The van der Waals surface area contributed by atoms with Crippen molar-refractivity contribution in [2.75, 3.05) is 0 Å². The summed E-state index contributed by atoms with van der Waals surface area (Å²) in [5.41, 5.74) is 3.33. The quantitative estimate of drug-likeness (QED) is 0.701. The lowest BCUT2D eigenvalue weighted by atomic mass is 10.2. The number of rotatable bonds is 1. The van der Waals surface area contributed by atoms with Gasteiger partial charge in [-0.1, -0.05) is 17.7 Å². The Hall–Kier alpha value is -1.28. The van der Waals surface area contributed by atoms with Gasteiger partial charge in [0.2, 0.25) is 5.28 Å². The smallest absolute Gasteiger partial charge is 0.207 e. The van der Waals surface area contributed by atoms with Crippen LogP contribution in [0, 0.1) is 13.8 Å². The molecule has 0 spiro atoms. The van der Waals surface area contributed by atoms with Gasteiger partial charge in [-0.15, -0.1) is 0 Å². The zero-order valence-electron chi connectivity index (χ0n) is 8.16. The van der Waals surface area contributed by atoms with Crippen LogP contribution in [0.4, 0.5) is 0 Å². The summed E-state index contributed by atoms with van der Waals surface area (Å²) in [6.45, 7) is 4.05. The number of aromatic nitrogens is 2. The van der Waals surface area contributed by atoms with Crippen molar-refractivity contribution < 1.29 is 0 Å². The van der Waals surface area contributed by atoms with Crippen LogP contribution in [0.25, 0.3) is 5.69 Å². The van der Waals surface area contributed by atoms with Gasteiger partial charge in [0.15, 0.2) is 0 Å². The molecule has 0 atom stereocenters. The number of nitrogens with zero attached hydrogens (tertiary/aromatic N) is 2. The maximum Gasteiger partial charge on any atom is 0.207 e. The van der Waals surface area contributed by atoms with Gasteiger partial charge in [0.1, 0.15) is 0 Å². The van der Waals surface area contributed by atoms with E-state index in [2.05, 4.69) is 24.0 Å². The Balaban J connectivity index is 2.54. The van der Waals surface area contributed by atoms with Crippen molar-refractivity contribution in [3.05, 3.63) is 47.0 Å². The van der Waals surface area contributed by atoms with Gasteiger partial charge in [-0.3, -0.25) is 4.57 Å². The van der Waals surface area contributed by atoms with Crippen molar-refractivity contribution in [1.82, 2.24) is 9.55 Å². The Labute approximate surface area is 88.2 Å². The van der Waals surface area contributed by atoms with Gasteiger partial charge in [0.05, 0.1) is 0 Å². The third kappa shape index (κ3) is 1.53. The van der Waals surface area contributed by atoms with Gasteiger partial charge in [-0.2, -0.15) is 0 Å². The van der Waals surface area contributed by atoms with E-state index in [1.807, 2.05) is 23.6 Å². The highest BCUT2D eigenvalue weighted by Gasteiger charge is 2.05. The highest BCUT2D eigenvalue weighted by molar-refractivity contribution is 6.28. The maximum atomic E-state index is 5.97. The predicted octanol–water partition coefficient (Wildman–Crippen LogP) is 3.14. The lowest BCUT2D eigenvalue weighted by Gasteiger charge is -2.06. The molecule has 3 heteroatoms. The van der Waals surface area contributed by atoms with Crippen LogP contribution < -0.4 is 0 Å². The number of aryl methyl sites for hydroxylation is 2. The van der Waals surface area contributed by atoms with Gasteiger partial charge >= 0.3 is 0 Å². The normalized spacial score (nSPS) is 10.5. The minimum Gasteiger partial charge on any atom is -0.288 e. The number of halogens is 1. The van der Waals surface area contributed by atoms with Crippen LogP contribution in [-0.2, 0) is 0 Å². The van der Waals surface area contributed by atoms with Crippen LogP contribution in [0.15, 0.2) is 30.5 Å². The molecule has 0 N–H and O–H groups in total. The topological polar surface area (TPSA) is 17.8 Å². The lowest BCUT2D eigenvalue weighted by Crippen LogP contribution is -1.96. The Bertz CT molecular complexity index is 423. The summed E-state index contributed by atoms with van der Waals surface area (Å²) in [6, 6.07) is 8.20. The molecule has 2 nitrogen and oxygen atoms in total. The fourth-order valence-electron chi connectivity index (χ4n) is 1.41. The summed E-state index contributed by atoms with van der Waals surface area (Å²) in [5.74, 6) is 0. The van der Waals surface area contributed by atoms with Crippen molar-refractivity contribution in [3.63, 3.8) is 0 Å². The van der Waals surface area contributed by atoms with Crippen LogP contribution in [-0.4, -0.2) is 9.55 Å². The minimum absolute atomic E-state index is 0.506. The SMILES string of the molecule is Cc1ccc(-n2c(C)cnc2Cl)cc1. The molecule has 0 saturated carbocycles. The monoisotopic (exact) mass is 206 g/mol. The van der Waals surface area contributed by atoms with Crippen LogP contribution >= 0.6 is 11.6 Å². The molecular weight excluding hydrogens is 196 g/mol.